The Bertz CT molecular complexity index is 810. The maximum Gasteiger partial charge on any atom is 0.387 e. The van der Waals surface area contributed by atoms with Crippen LogP contribution in [0.4, 0.5) is 8.78 Å². The predicted molar refractivity (Wildman–Crippen MR) is 120 cm³/mol. The van der Waals surface area contributed by atoms with Crippen molar-refractivity contribution >= 4 is 47.4 Å². The van der Waals surface area contributed by atoms with E-state index < -0.39 is 6.61 Å². The molecule has 158 valence electrons. The molecule has 10 heteroatoms. The maximum atomic E-state index is 12.5. The number of nitrogens with one attached hydrogen (secondary N) is 3. The van der Waals surface area contributed by atoms with Gasteiger partial charge in [-0.2, -0.15) is 8.78 Å². The Morgan fingerprint density at radius 3 is 2.45 bits per heavy atom. The van der Waals surface area contributed by atoms with E-state index in [2.05, 4.69) is 25.7 Å². The van der Waals surface area contributed by atoms with Crippen molar-refractivity contribution in [3.05, 3.63) is 64.7 Å². The highest BCUT2D eigenvalue weighted by Gasteiger charge is 2.11. The lowest BCUT2D eigenvalue weighted by atomic mass is 10.2. The molecule has 3 N–H and O–H groups in total. The van der Waals surface area contributed by atoms with Gasteiger partial charge >= 0.3 is 6.61 Å². The third-order valence-corrected chi connectivity index (χ3v) is 3.88. The van der Waals surface area contributed by atoms with E-state index in [4.69, 9.17) is 11.6 Å². The molecule has 2 aromatic carbocycles. The van der Waals surface area contributed by atoms with E-state index in [9.17, 15) is 13.6 Å². The number of benzene rings is 2. The van der Waals surface area contributed by atoms with Crippen LogP contribution < -0.4 is 20.7 Å². The fourth-order valence-electron chi connectivity index (χ4n) is 2.35. The number of guanidine groups is 1. The summed E-state index contributed by atoms with van der Waals surface area (Å²) in [5.74, 6) is 0.312. The number of ether oxygens (including phenoxy) is 1. The van der Waals surface area contributed by atoms with Crippen molar-refractivity contribution in [3.8, 4) is 5.75 Å². The molecule has 0 fully saturated rings. The Morgan fingerprint density at radius 2 is 1.79 bits per heavy atom. The predicted octanol–water partition coefficient (Wildman–Crippen LogP) is 3.65. The maximum absolute atomic E-state index is 12.5. The number of amides is 1. The number of carbonyl (C=O) groups excluding carboxylic acids is 1. The van der Waals surface area contributed by atoms with Crippen LogP contribution in [0.1, 0.15) is 15.9 Å². The van der Waals surface area contributed by atoms with Crippen LogP contribution in [0.3, 0.4) is 0 Å². The summed E-state index contributed by atoms with van der Waals surface area (Å²) in [7, 11) is 1.58. The van der Waals surface area contributed by atoms with Crippen LogP contribution in [0.5, 0.6) is 5.75 Å². The SMILES string of the molecule is CN=C(NCCNC(=O)c1ccccc1)NCc1cc(Cl)ccc1OC(F)F.I. The highest BCUT2D eigenvalue weighted by Crippen LogP contribution is 2.24. The standard InChI is InChI=1S/C19H21ClF2N4O2.HI/c1-23-19(25-10-9-24-17(27)13-5-3-2-4-6-13)26-12-14-11-15(20)7-8-16(14)28-18(21)22;/h2-8,11,18H,9-10,12H2,1H3,(H,24,27)(H2,23,25,26);1H. The van der Waals surface area contributed by atoms with Crippen LogP contribution in [0.2, 0.25) is 5.02 Å². The zero-order valence-electron chi connectivity index (χ0n) is 15.6. The number of rotatable bonds is 8. The Kier molecular flexibility index (Phi) is 11.3. The molecule has 0 aliphatic rings. The lowest BCUT2D eigenvalue weighted by molar-refractivity contribution is -0.0504. The highest BCUT2D eigenvalue weighted by atomic mass is 127. The number of hydrogen-bond acceptors (Lipinski definition) is 3. The first-order chi connectivity index (χ1) is 13.5. The summed E-state index contributed by atoms with van der Waals surface area (Å²) >= 11 is 5.93. The highest BCUT2D eigenvalue weighted by molar-refractivity contribution is 14.0. The van der Waals surface area contributed by atoms with Gasteiger partial charge in [0.25, 0.3) is 5.91 Å². The first-order valence-electron chi connectivity index (χ1n) is 8.50. The van der Waals surface area contributed by atoms with Crippen molar-refractivity contribution in [2.45, 2.75) is 13.2 Å². The summed E-state index contributed by atoms with van der Waals surface area (Å²) in [4.78, 5) is 16.0. The number of hydrogen-bond donors (Lipinski definition) is 3. The van der Waals surface area contributed by atoms with E-state index in [1.807, 2.05) is 6.07 Å². The van der Waals surface area contributed by atoms with Crippen molar-refractivity contribution in [1.29, 1.82) is 0 Å². The molecule has 2 rings (SSSR count). The molecule has 0 spiro atoms. The lowest BCUT2D eigenvalue weighted by Crippen LogP contribution is -2.41. The van der Waals surface area contributed by atoms with E-state index in [0.717, 1.165) is 0 Å². The molecule has 1 amide bonds. The van der Waals surface area contributed by atoms with E-state index >= 15 is 0 Å². The minimum Gasteiger partial charge on any atom is -0.434 e. The minimum atomic E-state index is -2.93. The van der Waals surface area contributed by atoms with Gasteiger partial charge in [0.1, 0.15) is 5.75 Å². The number of alkyl halides is 2. The van der Waals surface area contributed by atoms with Gasteiger partial charge in [-0.05, 0) is 30.3 Å². The first-order valence-corrected chi connectivity index (χ1v) is 8.88. The Morgan fingerprint density at radius 1 is 1.10 bits per heavy atom. The van der Waals surface area contributed by atoms with E-state index in [1.54, 1.807) is 37.4 Å². The average Bonchev–Trinajstić information content (AvgIpc) is 2.69. The zero-order valence-corrected chi connectivity index (χ0v) is 18.7. The molecular weight excluding hydrogens is 517 g/mol. The molecule has 0 aliphatic carbocycles. The van der Waals surface area contributed by atoms with Crippen LogP contribution in [0, 0.1) is 0 Å². The van der Waals surface area contributed by atoms with Crippen molar-refractivity contribution in [3.63, 3.8) is 0 Å². The average molecular weight is 539 g/mol. The van der Waals surface area contributed by atoms with Gasteiger partial charge in [-0.3, -0.25) is 9.79 Å². The van der Waals surface area contributed by atoms with Crippen LogP contribution in [0.25, 0.3) is 0 Å². The van der Waals surface area contributed by atoms with Crippen molar-refractivity contribution in [1.82, 2.24) is 16.0 Å². The fraction of sp³-hybridized carbons (Fsp3) is 0.263. The molecule has 0 atom stereocenters. The van der Waals surface area contributed by atoms with Gasteiger partial charge in [0, 0.05) is 42.8 Å². The summed E-state index contributed by atoms with van der Waals surface area (Å²) in [6.07, 6.45) is 0. The summed E-state index contributed by atoms with van der Waals surface area (Å²) in [6, 6.07) is 13.3. The second kappa shape index (κ2) is 13.2. The van der Waals surface area contributed by atoms with Gasteiger partial charge in [0.2, 0.25) is 0 Å². The van der Waals surface area contributed by atoms with Crippen LogP contribution in [-0.4, -0.2) is 38.6 Å². The molecule has 6 nitrogen and oxygen atoms in total. The molecule has 0 aromatic heterocycles. The first kappa shape index (κ1) is 24.9. The minimum absolute atomic E-state index is 0. The fourth-order valence-corrected chi connectivity index (χ4v) is 2.54. The zero-order chi connectivity index (χ0) is 20.4. The number of halogens is 4. The number of nitrogens with zero attached hydrogens (tertiary/aromatic N) is 1. The second-order valence-electron chi connectivity index (χ2n) is 5.61. The summed E-state index contributed by atoms with van der Waals surface area (Å²) in [5, 5.41) is 9.21. The van der Waals surface area contributed by atoms with Gasteiger partial charge in [-0.25, -0.2) is 0 Å². The van der Waals surface area contributed by atoms with Gasteiger partial charge in [0.15, 0.2) is 5.96 Å². The van der Waals surface area contributed by atoms with Gasteiger partial charge in [-0.15, -0.1) is 24.0 Å². The number of carbonyl (C=O) groups is 1. The van der Waals surface area contributed by atoms with Crippen molar-refractivity contribution in [2.24, 2.45) is 4.99 Å². The Labute approximate surface area is 190 Å². The van der Waals surface area contributed by atoms with E-state index in [1.165, 1.54) is 12.1 Å². The third-order valence-electron chi connectivity index (χ3n) is 3.65. The van der Waals surface area contributed by atoms with E-state index in [-0.39, 0.29) is 42.2 Å². The molecule has 0 saturated heterocycles. The van der Waals surface area contributed by atoms with Crippen molar-refractivity contribution < 1.29 is 18.3 Å². The molecule has 2 aromatic rings. The summed E-state index contributed by atoms with van der Waals surface area (Å²) < 4.78 is 29.5. The van der Waals surface area contributed by atoms with E-state index in [0.29, 0.717) is 35.2 Å². The monoisotopic (exact) mass is 538 g/mol. The van der Waals surface area contributed by atoms with Gasteiger partial charge in [0.05, 0.1) is 0 Å². The topological polar surface area (TPSA) is 74.8 Å². The molecule has 0 heterocycles. The Hall–Kier alpha value is -2.14. The molecular formula is C19H22ClF2IN4O2. The largest absolute Gasteiger partial charge is 0.434 e. The molecule has 0 aliphatic heterocycles. The second-order valence-corrected chi connectivity index (χ2v) is 6.04. The number of aliphatic imine (C=N–C) groups is 1. The van der Waals surface area contributed by atoms with Crippen LogP contribution in [0.15, 0.2) is 53.5 Å². The molecule has 0 bridgehead atoms. The normalized spacial score (nSPS) is 10.9. The molecule has 0 saturated carbocycles. The van der Waals surface area contributed by atoms with Gasteiger partial charge < -0.3 is 20.7 Å². The van der Waals surface area contributed by atoms with Crippen LogP contribution in [-0.2, 0) is 6.54 Å². The lowest BCUT2D eigenvalue weighted by Gasteiger charge is -2.15. The van der Waals surface area contributed by atoms with Crippen LogP contribution >= 0.6 is 35.6 Å². The Balaban J connectivity index is 0.00000420. The van der Waals surface area contributed by atoms with Crippen molar-refractivity contribution in [2.75, 3.05) is 20.1 Å². The quantitative estimate of drug-likeness (QED) is 0.208. The third kappa shape index (κ3) is 8.82. The molecule has 29 heavy (non-hydrogen) atoms. The van der Waals surface area contributed by atoms with Gasteiger partial charge in [-0.1, -0.05) is 29.8 Å². The molecule has 0 unspecified atom stereocenters. The molecule has 0 radical (unpaired) electrons. The summed E-state index contributed by atoms with van der Waals surface area (Å²) in [5.41, 5.74) is 1.05. The summed E-state index contributed by atoms with van der Waals surface area (Å²) in [6.45, 7) is -1.94. The smallest absolute Gasteiger partial charge is 0.387 e.